The molecule has 0 aliphatic heterocycles. The van der Waals surface area contributed by atoms with Crippen LogP contribution in [0.5, 0.6) is 0 Å². The van der Waals surface area contributed by atoms with Crippen LogP contribution < -0.4 is 5.32 Å². The quantitative estimate of drug-likeness (QED) is 0.514. The average Bonchev–Trinajstić information content (AvgIpc) is 3.35. The van der Waals surface area contributed by atoms with Crippen molar-refractivity contribution in [1.82, 2.24) is 20.2 Å². The molecule has 5 rings (SSSR count). The summed E-state index contributed by atoms with van der Waals surface area (Å²) in [6.07, 6.45) is 4.42. The summed E-state index contributed by atoms with van der Waals surface area (Å²) < 4.78 is 0. The SMILES string of the molecule is c1cnc(NCc2ccc(-c3n[nH]c4c3Cc3ccccc3-4)s2)nc1. The van der Waals surface area contributed by atoms with E-state index >= 15 is 0 Å². The number of nitrogens with zero attached hydrogens (tertiary/aromatic N) is 3. The van der Waals surface area contributed by atoms with Crippen molar-refractivity contribution in [2.45, 2.75) is 13.0 Å². The standard InChI is InChI=1S/C19H15N5S/c1-2-5-14-12(4-1)10-15-17(14)23-24-18(15)16-7-6-13(25-16)11-22-19-20-8-3-9-21-19/h1-9H,10-11H2,(H,23,24)(H,20,21,22). The second kappa shape index (κ2) is 5.82. The maximum absolute atomic E-state index is 4.58. The summed E-state index contributed by atoms with van der Waals surface area (Å²) in [5.41, 5.74) is 6.17. The second-order valence-electron chi connectivity index (χ2n) is 5.95. The predicted molar refractivity (Wildman–Crippen MR) is 99.5 cm³/mol. The van der Waals surface area contributed by atoms with Crippen molar-refractivity contribution in [3.05, 3.63) is 70.9 Å². The van der Waals surface area contributed by atoms with Crippen molar-refractivity contribution >= 4 is 17.3 Å². The monoisotopic (exact) mass is 345 g/mol. The lowest BCUT2D eigenvalue weighted by atomic mass is 10.1. The highest BCUT2D eigenvalue weighted by atomic mass is 32.1. The fourth-order valence-electron chi connectivity index (χ4n) is 3.23. The van der Waals surface area contributed by atoms with E-state index in [1.807, 2.05) is 6.07 Å². The van der Waals surface area contributed by atoms with Gasteiger partial charge in [-0.2, -0.15) is 5.10 Å². The topological polar surface area (TPSA) is 66.5 Å². The van der Waals surface area contributed by atoms with Gasteiger partial charge in [0.05, 0.1) is 17.1 Å². The number of nitrogens with one attached hydrogen (secondary N) is 2. The number of hydrogen-bond donors (Lipinski definition) is 2. The zero-order chi connectivity index (χ0) is 16.6. The molecule has 0 radical (unpaired) electrons. The minimum Gasteiger partial charge on any atom is -0.349 e. The van der Waals surface area contributed by atoms with Crippen LogP contribution in [0.4, 0.5) is 5.95 Å². The van der Waals surface area contributed by atoms with Crippen molar-refractivity contribution in [2.24, 2.45) is 0 Å². The number of thiophene rings is 1. The van der Waals surface area contributed by atoms with Gasteiger partial charge < -0.3 is 5.32 Å². The average molecular weight is 345 g/mol. The van der Waals surface area contributed by atoms with Gasteiger partial charge in [0, 0.05) is 34.8 Å². The van der Waals surface area contributed by atoms with Gasteiger partial charge in [-0.3, -0.25) is 5.10 Å². The molecule has 0 amide bonds. The highest BCUT2D eigenvalue weighted by molar-refractivity contribution is 7.15. The van der Waals surface area contributed by atoms with Crippen LogP contribution in [0.25, 0.3) is 21.8 Å². The van der Waals surface area contributed by atoms with Crippen molar-refractivity contribution in [3.63, 3.8) is 0 Å². The first-order valence-corrected chi connectivity index (χ1v) is 8.95. The minimum atomic E-state index is 0.647. The summed E-state index contributed by atoms with van der Waals surface area (Å²) in [4.78, 5) is 10.8. The molecule has 6 heteroatoms. The third kappa shape index (κ3) is 2.51. The molecule has 0 saturated heterocycles. The molecule has 122 valence electrons. The molecule has 1 aliphatic rings. The van der Waals surface area contributed by atoms with Gasteiger partial charge in [0.25, 0.3) is 0 Å². The van der Waals surface area contributed by atoms with E-state index in [4.69, 9.17) is 0 Å². The van der Waals surface area contributed by atoms with Crippen molar-refractivity contribution in [3.8, 4) is 21.8 Å². The largest absolute Gasteiger partial charge is 0.349 e. The zero-order valence-corrected chi connectivity index (χ0v) is 14.2. The summed E-state index contributed by atoms with van der Waals surface area (Å²) in [5.74, 6) is 0.647. The van der Waals surface area contributed by atoms with Crippen LogP contribution in [0.3, 0.4) is 0 Å². The van der Waals surface area contributed by atoms with Gasteiger partial charge in [-0.05, 0) is 23.8 Å². The molecule has 25 heavy (non-hydrogen) atoms. The molecule has 1 aromatic carbocycles. The molecule has 2 N–H and O–H groups in total. The smallest absolute Gasteiger partial charge is 0.222 e. The van der Waals surface area contributed by atoms with Gasteiger partial charge in [0.15, 0.2) is 0 Å². The van der Waals surface area contributed by atoms with Gasteiger partial charge in [-0.25, -0.2) is 9.97 Å². The second-order valence-corrected chi connectivity index (χ2v) is 7.12. The Labute approximate surface area is 148 Å². The van der Waals surface area contributed by atoms with E-state index in [1.165, 1.54) is 26.4 Å². The first kappa shape index (κ1) is 14.4. The van der Waals surface area contributed by atoms with E-state index in [-0.39, 0.29) is 0 Å². The summed E-state index contributed by atoms with van der Waals surface area (Å²) in [6.45, 7) is 0.710. The van der Waals surface area contributed by atoms with Gasteiger partial charge in [-0.1, -0.05) is 24.3 Å². The third-order valence-corrected chi connectivity index (χ3v) is 5.49. The maximum atomic E-state index is 4.58. The van der Waals surface area contributed by atoms with Crippen LogP contribution in [0, 0.1) is 0 Å². The fraction of sp³-hybridized carbons (Fsp3) is 0.105. The first-order chi connectivity index (χ1) is 12.4. The van der Waals surface area contributed by atoms with Crippen molar-refractivity contribution in [1.29, 1.82) is 0 Å². The van der Waals surface area contributed by atoms with Gasteiger partial charge in [0.1, 0.15) is 5.69 Å². The molecule has 0 spiro atoms. The molecular formula is C19H15N5S. The summed E-state index contributed by atoms with van der Waals surface area (Å²) in [5, 5.41) is 11.1. The number of benzene rings is 1. The number of anilines is 1. The highest BCUT2D eigenvalue weighted by Gasteiger charge is 2.25. The number of fused-ring (bicyclic) bond motifs is 3. The van der Waals surface area contributed by atoms with Crippen LogP contribution in [0.1, 0.15) is 16.0 Å². The van der Waals surface area contributed by atoms with Crippen LogP contribution in [-0.2, 0) is 13.0 Å². The Morgan fingerprint density at radius 2 is 1.92 bits per heavy atom. The van der Waals surface area contributed by atoms with Crippen molar-refractivity contribution < 1.29 is 0 Å². The molecule has 3 aromatic heterocycles. The van der Waals surface area contributed by atoms with E-state index in [0.29, 0.717) is 12.5 Å². The Balaban J connectivity index is 1.39. The Morgan fingerprint density at radius 3 is 2.84 bits per heavy atom. The maximum Gasteiger partial charge on any atom is 0.222 e. The lowest BCUT2D eigenvalue weighted by molar-refractivity contribution is 1.07. The van der Waals surface area contributed by atoms with Crippen LogP contribution in [-0.4, -0.2) is 20.2 Å². The van der Waals surface area contributed by atoms with E-state index in [2.05, 4.69) is 61.9 Å². The molecule has 5 nitrogen and oxygen atoms in total. The molecule has 4 aromatic rings. The summed E-state index contributed by atoms with van der Waals surface area (Å²) >= 11 is 1.75. The Kier molecular flexibility index (Phi) is 3.34. The molecular weight excluding hydrogens is 330 g/mol. The number of H-pyrrole nitrogens is 1. The third-order valence-electron chi connectivity index (χ3n) is 4.40. The lowest BCUT2D eigenvalue weighted by Crippen LogP contribution is -2.00. The Morgan fingerprint density at radius 1 is 1.04 bits per heavy atom. The molecule has 3 heterocycles. The number of aromatic amines is 1. The van der Waals surface area contributed by atoms with E-state index in [0.717, 1.165) is 17.8 Å². The molecule has 0 bridgehead atoms. The zero-order valence-electron chi connectivity index (χ0n) is 13.4. The lowest BCUT2D eigenvalue weighted by Gasteiger charge is -2.01. The fourth-order valence-corrected chi connectivity index (χ4v) is 4.19. The summed E-state index contributed by atoms with van der Waals surface area (Å²) in [6, 6.07) is 14.6. The van der Waals surface area contributed by atoms with Crippen LogP contribution >= 0.6 is 11.3 Å². The van der Waals surface area contributed by atoms with E-state index in [1.54, 1.807) is 23.7 Å². The molecule has 0 unspecified atom stereocenters. The number of aromatic nitrogens is 4. The molecule has 0 fully saturated rings. The van der Waals surface area contributed by atoms with Gasteiger partial charge in [-0.15, -0.1) is 11.3 Å². The molecule has 1 aliphatic carbocycles. The Hall–Kier alpha value is -2.99. The van der Waals surface area contributed by atoms with Gasteiger partial charge in [0.2, 0.25) is 5.95 Å². The molecule has 0 saturated carbocycles. The molecule has 0 atom stereocenters. The van der Waals surface area contributed by atoms with E-state index in [9.17, 15) is 0 Å². The van der Waals surface area contributed by atoms with Gasteiger partial charge >= 0.3 is 0 Å². The minimum absolute atomic E-state index is 0.647. The number of hydrogen-bond acceptors (Lipinski definition) is 5. The van der Waals surface area contributed by atoms with E-state index < -0.39 is 0 Å². The van der Waals surface area contributed by atoms with Crippen LogP contribution in [0.15, 0.2) is 54.9 Å². The number of rotatable bonds is 4. The predicted octanol–water partition coefficient (Wildman–Crippen LogP) is 4.11. The van der Waals surface area contributed by atoms with Crippen LogP contribution in [0.2, 0.25) is 0 Å². The highest BCUT2D eigenvalue weighted by Crippen LogP contribution is 2.41. The normalized spacial score (nSPS) is 12.0. The first-order valence-electron chi connectivity index (χ1n) is 8.14. The van der Waals surface area contributed by atoms with Crippen molar-refractivity contribution in [2.75, 3.05) is 5.32 Å². The summed E-state index contributed by atoms with van der Waals surface area (Å²) in [7, 11) is 0. The Bertz CT molecular complexity index is 1030.